The van der Waals surface area contributed by atoms with E-state index in [9.17, 15) is 33.7 Å². The van der Waals surface area contributed by atoms with Crippen LogP contribution in [-0.4, -0.2) is 130 Å². The molecule has 4 N–H and O–H groups in total. The van der Waals surface area contributed by atoms with Crippen molar-refractivity contribution in [1.29, 1.82) is 0 Å². The molecular formula is C74H79ClN12O8S4. The predicted molar refractivity (Wildman–Crippen MR) is 400 cm³/mol. The molecule has 0 bridgehead atoms. The van der Waals surface area contributed by atoms with Gasteiger partial charge in [-0.1, -0.05) is 138 Å². The van der Waals surface area contributed by atoms with Gasteiger partial charge >= 0.3 is 0 Å². The van der Waals surface area contributed by atoms with Gasteiger partial charge in [0.05, 0.1) is 87.2 Å². The number of rotatable bonds is 20. The van der Waals surface area contributed by atoms with Gasteiger partial charge in [0.15, 0.2) is 0 Å². The number of sulfonamides is 4. The predicted octanol–water partition coefficient (Wildman–Crippen LogP) is 13.7. The first-order valence-corrected chi connectivity index (χ1v) is 37.5. The number of pyridine rings is 4. The van der Waals surface area contributed by atoms with Gasteiger partial charge in [-0.15, -0.1) is 0 Å². The largest absolute Gasteiger partial charge is 0.304 e. The van der Waals surface area contributed by atoms with Gasteiger partial charge in [-0.25, -0.2) is 53.6 Å². The molecule has 4 aromatic heterocycles. The lowest BCUT2D eigenvalue weighted by molar-refractivity contribution is 0.397. The first-order valence-electron chi connectivity index (χ1n) is 31.2. The van der Waals surface area contributed by atoms with E-state index in [4.69, 9.17) is 11.6 Å². The van der Waals surface area contributed by atoms with Crippen LogP contribution in [0.4, 0.5) is 22.7 Å². The second kappa shape index (κ2) is 32.5. The standard InChI is InChI=1S/2C19H21N3O2S.C18H18ClN3O2S.C18H19N3O2S/c2*1-14-7-11-17(12-8-14)25(23,24)21-18-6-4-5-15-9-10-16(13-22(2)3)20-19(15)18;1-22(2)12-15-9-6-13-4-3-5-17(18(13)20-15)21-25(23,24)16-10-7-14(19)8-11-16;1-21(2)13-15-12-11-14-7-6-10-17(18(14)19-15)20-24(22,23)16-8-4-3-5-9-16/h2*4-12,21H,13H2,1-3H3;3-11,21H,12H2,1-2H3;3-12,20H,13H2,1-2H3. The molecule has 0 fully saturated rings. The number of hydrogen-bond acceptors (Lipinski definition) is 16. The average molecular weight is 1430 g/mol. The van der Waals surface area contributed by atoms with Gasteiger partial charge in [-0.2, -0.15) is 0 Å². The number of fused-ring (bicyclic) bond motifs is 4. The first kappa shape index (κ1) is 73.8. The van der Waals surface area contributed by atoms with Gasteiger partial charge in [0.1, 0.15) is 0 Å². The highest BCUT2D eigenvalue weighted by Gasteiger charge is 2.21. The Morgan fingerprint density at radius 1 is 0.283 bits per heavy atom. The molecule has 12 rings (SSSR count). The zero-order valence-corrected chi connectivity index (χ0v) is 60.6. The van der Waals surface area contributed by atoms with Gasteiger partial charge < -0.3 is 19.6 Å². The highest BCUT2D eigenvalue weighted by atomic mass is 35.5. The summed E-state index contributed by atoms with van der Waals surface area (Å²) in [6, 6.07) is 65.4. The van der Waals surface area contributed by atoms with Crippen molar-refractivity contribution in [1.82, 2.24) is 39.5 Å². The molecule has 0 aliphatic rings. The van der Waals surface area contributed by atoms with Crippen LogP contribution >= 0.6 is 11.6 Å². The van der Waals surface area contributed by atoms with Crippen LogP contribution in [0.15, 0.2) is 244 Å². The van der Waals surface area contributed by atoms with Crippen molar-refractivity contribution in [3.63, 3.8) is 0 Å². The van der Waals surface area contributed by atoms with Gasteiger partial charge in [-0.3, -0.25) is 18.9 Å². The summed E-state index contributed by atoms with van der Waals surface area (Å²) in [5, 5.41) is 4.04. The Morgan fingerprint density at radius 3 is 0.758 bits per heavy atom. The Kier molecular flexibility index (Phi) is 24.2. The fraction of sp³-hybridized carbons (Fsp3) is 0.189. The van der Waals surface area contributed by atoms with E-state index in [0.29, 0.717) is 76.0 Å². The Bertz CT molecular complexity index is 4880. The minimum Gasteiger partial charge on any atom is -0.304 e. The van der Waals surface area contributed by atoms with E-state index in [-0.39, 0.29) is 19.6 Å². The van der Waals surface area contributed by atoms with Crippen molar-refractivity contribution < 1.29 is 33.7 Å². The number of para-hydroxylation sites is 4. The van der Waals surface area contributed by atoms with Gasteiger partial charge in [-0.05, 0) is 179 Å². The second-order valence-electron chi connectivity index (χ2n) is 24.5. The SMILES string of the molecule is CN(C)Cc1ccc2cccc(NS(=O)(=O)c3ccc(Cl)cc3)c2n1.CN(C)Cc1ccc2cccc(NS(=O)(=O)c3ccccc3)c2n1.Cc1ccc(S(=O)(=O)Nc2cccc3ccc(CN(C)C)nc23)cc1.Cc1ccc(S(=O)(=O)Nc2cccc3ccc(CN(C)C)nc23)cc1. The third-order valence-electron chi connectivity index (χ3n) is 14.8. The maximum atomic E-state index is 12.7. The van der Waals surface area contributed by atoms with E-state index in [2.05, 4.69) is 38.8 Å². The van der Waals surface area contributed by atoms with Gasteiger partial charge in [0.25, 0.3) is 40.1 Å². The molecule has 0 saturated heterocycles. The number of benzene rings is 8. The van der Waals surface area contributed by atoms with Gasteiger partial charge in [0, 0.05) is 52.7 Å². The van der Waals surface area contributed by atoms with E-state index in [1.54, 1.807) is 121 Å². The van der Waals surface area contributed by atoms with Crippen molar-refractivity contribution >= 4 is 118 Å². The number of anilines is 4. The first-order chi connectivity index (χ1) is 47.0. The van der Waals surface area contributed by atoms with Crippen LogP contribution in [0.3, 0.4) is 0 Å². The quantitative estimate of drug-likeness (QED) is 0.0554. The van der Waals surface area contributed by atoms with Crippen LogP contribution in [0.5, 0.6) is 0 Å². The van der Waals surface area contributed by atoms with Crippen LogP contribution in [0.25, 0.3) is 43.6 Å². The number of nitrogens with one attached hydrogen (secondary N) is 4. The summed E-state index contributed by atoms with van der Waals surface area (Å²) >= 11 is 5.83. The molecule has 4 heterocycles. The van der Waals surface area contributed by atoms with Crippen LogP contribution < -0.4 is 18.9 Å². The molecule has 0 unspecified atom stereocenters. The van der Waals surface area contributed by atoms with Crippen molar-refractivity contribution in [3.8, 4) is 0 Å². The lowest BCUT2D eigenvalue weighted by Crippen LogP contribution is -2.14. The molecule has 99 heavy (non-hydrogen) atoms. The van der Waals surface area contributed by atoms with Crippen molar-refractivity contribution in [2.45, 2.75) is 59.6 Å². The van der Waals surface area contributed by atoms with E-state index < -0.39 is 40.1 Å². The molecule has 0 aliphatic heterocycles. The summed E-state index contributed by atoms with van der Waals surface area (Å²) in [6.07, 6.45) is 0. The van der Waals surface area contributed by atoms with E-state index in [0.717, 1.165) is 55.4 Å². The Morgan fingerprint density at radius 2 is 0.515 bits per heavy atom. The highest BCUT2D eigenvalue weighted by Crippen LogP contribution is 2.30. The maximum absolute atomic E-state index is 12.7. The number of aromatic nitrogens is 4. The summed E-state index contributed by atoms with van der Waals surface area (Å²) in [7, 11) is 1.06. The van der Waals surface area contributed by atoms with Crippen molar-refractivity contribution in [2.24, 2.45) is 0 Å². The molecule has 8 aromatic carbocycles. The molecule has 0 aliphatic carbocycles. The normalized spacial score (nSPS) is 11.8. The topological polar surface area (TPSA) is 249 Å². The molecule has 0 saturated carbocycles. The number of halogens is 1. The Balaban J connectivity index is 0.000000154. The minimum atomic E-state index is -3.72. The van der Waals surface area contributed by atoms with E-state index in [1.165, 1.54) is 12.1 Å². The van der Waals surface area contributed by atoms with Crippen molar-refractivity contribution in [3.05, 3.63) is 263 Å². The van der Waals surface area contributed by atoms with E-state index >= 15 is 0 Å². The molecule has 0 radical (unpaired) electrons. The number of aryl methyl sites for hydroxylation is 2. The summed E-state index contributed by atoms with van der Waals surface area (Å²) in [4.78, 5) is 27.4. The van der Waals surface area contributed by atoms with Crippen LogP contribution in [0.1, 0.15) is 33.9 Å². The van der Waals surface area contributed by atoms with Crippen LogP contribution in [0.2, 0.25) is 5.02 Å². The fourth-order valence-electron chi connectivity index (χ4n) is 10.2. The third kappa shape index (κ3) is 20.3. The Labute approximate surface area is 585 Å². The summed E-state index contributed by atoms with van der Waals surface area (Å²) < 4.78 is 112. The zero-order valence-electron chi connectivity index (χ0n) is 56.5. The molecule has 25 heteroatoms. The fourth-order valence-corrected chi connectivity index (χ4v) is 14.6. The molecule has 0 spiro atoms. The second-order valence-corrected chi connectivity index (χ2v) is 31.7. The summed E-state index contributed by atoms with van der Waals surface area (Å²) in [5.41, 5.74) is 10.0. The minimum absolute atomic E-state index is 0.151. The zero-order chi connectivity index (χ0) is 71.2. The molecule has 0 amide bonds. The molecule has 12 aromatic rings. The maximum Gasteiger partial charge on any atom is 0.261 e. The van der Waals surface area contributed by atoms with Crippen molar-refractivity contribution in [2.75, 3.05) is 75.3 Å². The molecular weight excluding hydrogens is 1350 g/mol. The van der Waals surface area contributed by atoms with Crippen LogP contribution in [0, 0.1) is 13.8 Å². The lowest BCUT2D eigenvalue weighted by Gasteiger charge is -2.13. The molecule has 514 valence electrons. The summed E-state index contributed by atoms with van der Waals surface area (Å²) in [5.74, 6) is 0. The average Bonchev–Trinajstić information content (AvgIpc) is 0.816. The highest BCUT2D eigenvalue weighted by molar-refractivity contribution is 7.93. The molecule has 0 atom stereocenters. The molecule has 20 nitrogen and oxygen atoms in total. The van der Waals surface area contributed by atoms with Crippen LogP contribution in [-0.2, 0) is 66.3 Å². The Hall–Kier alpha value is -9.47. The van der Waals surface area contributed by atoms with E-state index in [1.807, 2.05) is 181 Å². The monoisotopic (exact) mass is 1430 g/mol. The number of hydrogen-bond donors (Lipinski definition) is 4. The number of nitrogens with zero attached hydrogens (tertiary/aromatic N) is 8. The van der Waals surface area contributed by atoms with Gasteiger partial charge in [0.2, 0.25) is 0 Å². The third-order valence-corrected chi connectivity index (χ3v) is 20.6. The lowest BCUT2D eigenvalue weighted by atomic mass is 10.2. The smallest absolute Gasteiger partial charge is 0.261 e. The summed E-state index contributed by atoms with van der Waals surface area (Å²) in [6.45, 7) is 6.59.